The number of hydrogen-bond donors (Lipinski definition) is 0. The zero-order valence-corrected chi connectivity index (χ0v) is 9.62. The first-order chi connectivity index (χ1) is 6.84. The minimum atomic E-state index is 1.08. The SMILES string of the molecule is CN1Cc2ccsc2-c2sccc2C1. The summed E-state index contributed by atoms with van der Waals surface area (Å²) in [6.07, 6.45) is 0. The lowest BCUT2D eigenvalue weighted by Crippen LogP contribution is -2.14. The van der Waals surface area contributed by atoms with E-state index in [2.05, 4.69) is 34.8 Å². The van der Waals surface area contributed by atoms with E-state index in [1.807, 2.05) is 22.7 Å². The lowest BCUT2D eigenvalue weighted by molar-refractivity contribution is 0.323. The average molecular weight is 221 g/mol. The number of thiophene rings is 2. The largest absolute Gasteiger partial charge is 0.298 e. The van der Waals surface area contributed by atoms with Crippen LogP contribution in [0.1, 0.15) is 11.1 Å². The Kier molecular flexibility index (Phi) is 1.97. The number of rotatable bonds is 0. The summed E-state index contributed by atoms with van der Waals surface area (Å²) in [5.74, 6) is 0. The van der Waals surface area contributed by atoms with Crippen LogP contribution in [0.3, 0.4) is 0 Å². The Hall–Kier alpha value is -0.640. The number of fused-ring (bicyclic) bond motifs is 3. The Morgan fingerprint density at radius 1 is 1.00 bits per heavy atom. The second kappa shape index (κ2) is 3.19. The molecule has 0 aromatic carbocycles. The van der Waals surface area contributed by atoms with Gasteiger partial charge in [0.05, 0.1) is 0 Å². The van der Waals surface area contributed by atoms with Gasteiger partial charge in [0.1, 0.15) is 0 Å². The molecule has 3 heteroatoms. The minimum absolute atomic E-state index is 1.08. The fourth-order valence-corrected chi connectivity index (χ4v) is 4.03. The molecule has 14 heavy (non-hydrogen) atoms. The van der Waals surface area contributed by atoms with Crippen molar-refractivity contribution < 1.29 is 0 Å². The quantitative estimate of drug-likeness (QED) is 0.659. The van der Waals surface area contributed by atoms with Crippen molar-refractivity contribution in [3.63, 3.8) is 0 Å². The first kappa shape index (κ1) is 8.65. The summed E-state index contributed by atoms with van der Waals surface area (Å²) in [5.41, 5.74) is 2.97. The predicted molar refractivity (Wildman–Crippen MR) is 62.8 cm³/mol. The van der Waals surface area contributed by atoms with Crippen LogP contribution in [0.5, 0.6) is 0 Å². The molecule has 0 unspecified atom stereocenters. The van der Waals surface area contributed by atoms with E-state index in [0.29, 0.717) is 0 Å². The Balaban J connectivity index is 2.24. The highest BCUT2D eigenvalue weighted by molar-refractivity contribution is 7.20. The molecule has 0 amide bonds. The molecule has 0 bridgehead atoms. The van der Waals surface area contributed by atoms with E-state index >= 15 is 0 Å². The van der Waals surface area contributed by atoms with Gasteiger partial charge in [-0.1, -0.05) is 0 Å². The van der Waals surface area contributed by atoms with E-state index < -0.39 is 0 Å². The molecular weight excluding hydrogens is 210 g/mol. The molecule has 1 nitrogen and oxygen atoms in total. The molecule has 0 saturated heterocycles. The first-order valence-electron chi connectivity index (χ1n) is 4.66. The molecule has 0 radical (unpaired) electrons. The zero-order valence-electron chi connectivity index (χ0n) is 7.99. The van der Waals surface area contributed by atoms with E-state index in [4.69, 9.17) is 0 Å². The van der Waals surface area contributed by atoms with E-state index in [0.717, 1.165) is 13.1 Å². The van der Waals surface area contributed by atoms with Crippen LogP contribution in [0, 0.1) is 0 Å². The summed E-state index contributed by atoms with van der Waals surface area (Å²) in [4.78, 5) is 5.35. The summed E-state index contributed by atoms with van der Waals surface area (Å²) < 4.78 is 0. The van der Waals surface area contributed by atoms with Crippen LogP contribution in [-0.4, -0.2) is 11.9 Å². The van der Waals surface area contributed by atoms with Crippen molar-refractivity contribution in [2.24, 2.45) is 0 Å². The Morgan fingerprint density at radius 2 is 1.50 bits per heavy atom. The lowest BCUT2D eigenvalue weighted by atomic mass is 10.2. The van der Waals surface area contributed by atoms with Crippen molar-refractivity contribution in [1.29, 1.82) is 0 Å². The molecule has 0 spiro atoms. The van der Waals surface area contributed by atoms with Gasteiger partial charge in [-0.2, -0.15) is 0 Å². The van der Waals surface area contributed by atoms with Gasteiger partial charge in [-0.05, 0) is 41.1 Å². The fraction of sp³-hybridized carbons (Fsp3) is 0.273. The van der Waals surface area contributed by atoms with Gasteiger partial charge in [-0.25, -0.2) is 0 Å². The van der Waals surface area contributed by atoms with Gasteiger partial charge in [-0.3, -0.25) is 4.90 Å². The molecular formula is C11H11NS2. The first-order valence-corrected chi connectivity index (χ1v) is 6.42. The summed E-state index contributed by atoms with van der Waals surface area (Å²) in [6.45, 7) is 2.17. The summed E-state index contributed by atoms with van der Waals surface area (Å²) in [6, 6.07) is 4.51. The van der Waals surface area contributed by atoms with Crippen molar-refractivity contribution in [3.8, 4) is 9.75 Å². The highest BCUT2D eigenvalue weighted by Crippen LogP contribution is 2.39. The van der Waals surface area contributed by atoms with Gasteiger partial charge in [0.15, 0.2) is 0 Å². The van der Waals surface area contributed by atoms with Crippen LogP contribution in [0.2, 0.25) is 0 Å². The molecule has 0 N–H and O–H groups in total. The molecule has 72 valence electrons. The third-order valence-corrected chi connectivity index (χ3v) is 4.66. The van der Waals surface area contributed by atoms with Crippen molar-refractivity contribution in [2.75, 3.05) is 7.05 Å². The van der Waals surface area contributed by atoms with Gasteiger partial charge >= 0.3 is 0 Å². The number of nitrogens with zero attached hydrogens (tertiary/aromatic N) is 1. The van der Waals surface area contributed by atoms with Crippen LogP contribution < -0.4 is 0 Å². The third kappa shape index (κ3) is 1.24. The lowest BCUT2D eigenvalue weighted by Gasteiger charge is -2.12. The van der Waals surface area contributed by atoms with Crippen LogP contribution in [-0.2, 0) is 13.1 Å². The predicted octanol–water partition coefficient (Wildman–Crippen LogP) is 3.42. The van der Waals surface area contributed by atoms with Crippen molar-refractivity contribution in [2.45, 2.75) is 13.1 Å². The molecule has 0 atom stereocenters. The van der Waals surface area contributed by atoms with E-state index in [-0.39, 0.29) is 0 Å². The average Bonchev–Trinajstić information content (AvgIpc) is 2.72. The molecule has 2 aromatic rings. The second-order valence-corrected chi connectivity index (χ2v) is 5.55. The van der Waals surface area contributed by atoms with Gasteiger partial charge < -0.3 is 0 Å². The van der Waals surface area contributed by atoms with E-state index in [1.165, 1.54) is 20.9 Å². The molecule has 0 aliphatic carbocycles. The normalized spacial score (nSPS) is 16.1. The molecule has 1 aliphatic heterocycles. The maximum Gasteiger partial charge on any atom is 0.0490 e. The highest BCUT2D eigenvalue weighted by atomic mass is 32.1. The summed E-state index contributed by atoms with van der Waals surface area (Å²) >= 11 is 3.74. The summed E-state index contributed by atoms with van der Waals surface area (Å²) in [7, 11) is 2.19. The van der Waals surface area contributed by atoms with Gasteiger partial charge in [0.2, 0.25) is 0 Å². The Bertz CT molecular complexity index is 413. The fourth-order valence-electron chi connectivity index (χ4n) is 1.96. The molecule has 0 saturated carbocycles. The van der Waals surface area contributed by atoms with Crippen LogP contribution in [0.4, 0.5) is 0 Å². The standard InChI is InChI=1S/C11H11NS2/c1-12-6-8-2-4-13-10(8)11-9(7-12)3-5-14-11/h2-5H,6-7H2,1H3. The maximum absolute atomic E-state index is 2.38. The third-order valence-electron chi connectivity index (χ3n) is 2.58. The van der Waals surface area contributed by atoms with Gasteiger partial charge in [0.25, 0.3) is 0 Å². The van der Waals surface area contributed by atoms with Crippen molar-refractivity contribution in [3.05, 3.63) is 34.0 Å². The van der Waals surface area contributed by atoms with E-state index in [9.17, 15) is 0 Å². The van der Waals surface area contributed by atoms with Crippen molar-refractivity contribution >= 4 is 22.7 Å². The monoisotopic (exact) mass is 221 g/mol. The Morgan fingerprint density at radius 3 is 2.00 bits per heavy atom. The molecule has 3 rings (SSSR count). The number of hydrogen-bond acceptors (Lipinski definition) is 3. The topological polar surface area (TPSA) is 3.24 Å². The second-order valence-electron chi connectivity index (χ2n) is 3.72. The van der Waals surface area contributed by atoms with Crippen molar-refractivity contribution in [1.82, 2.24) is 4.90 Å². The van der Waals surface area contributed by atoms with E-state index in [1.54, 1.807) is 0 Å². The molecule has 0 fully saturated rings. The smallest absolute Gasteiger partial charge is 0.0490 e. The highest BCUT2D eigenvalue weighted by Gasteiger charge is 2.18. The van der Waals surface area contributed by atoms with Gasteiger partial charge in [-0.15, -0.1) is 22.7 Å². The molecule has 1 aliphatic rings. The van der Waals surface area contributed by atoms with Crippen LogP contribution in [0.25, 0.3) is 9.75 Å². The molecule has 2 aromatic heterocycles. The summed E-state index contributed by atoms with van der Waals surface area (Å²) in [5, 5.41) is 4.40. The molecule has 3 heterocycles. The minimum Gasteiger partial charge on any atom is -0.298 e. The van der Waals surface area contributed by atoms with Gasteiger partial charge in [0, 0.05) is 22.8 Å². The van der Waals surface area contributed by atoms with Crippen LogP contribution in [0.15, 0.2) is 22.9 Å². The zero-order chi connectivity index (χ0) is 9.54. The maximum atomic E-state index is 2.38. The van der Waals surface area contributed by atoms with Crippen LogP contribution >= 0.6 is 22.7 Å². The Labute approximate surface area is 91.6 Å².